The van der Waals surface area contributed by atoms with E-state index in [1.165, 1.54) is 18.2 Å². The fourth-order valence-corrected chi connectivity index (χ4v) is 2.83. The minimum Gasteiger partial charge on any atom is -0.353 e. The molecule has 3 nitrogen and oxygen atoms in total. The number of nitrogens with one attached hydrogen (secondary N) is 1. The Hall–Kier alpha value is -1.49. The maximum atomic E-state index is 13.6. The average molecular weight is 296 g/mol. The largest absolute Gasteiger partial charge is 0.353 e. The highest BCUT2D eigenvalue weighted by molar-refractivity contribution is 5.79. The molecule has 21 heavy (non-hydrogen) atoms. The van der Waals surface area contributed by atoms with E-state index in [0.717, 1.165) is 25.7 Å². The van der Waals surface area contributed by atoms with Crippen molar-refractivity contribution in [1.29, 1.82) is 0 Å². The lowest BCUT2D eigenvalue weighted by Gasteiger charge is -2.26. The van der Waals surface area contributed by atoms with Gasteiger partial charge in [-0.25, -0.2) is 8.78 Å². The van der Waals surface area contributed by atoms with Crippen LogP contribution in [-0.2, 0) is 11.2 Å². The lowest BCUT2D eigenvalue weighted by atomic mass is 9.85. The Balaban J connectivity index is 1.89. The first kappa shape index (κ1) is 15.9. The second kappa shape index (κ2) is 6.98. The molecule has 0 bridgehead atoms. The van der Waals surface area contributed by atoms with Gasteiger partial charge in [-0.2, -0.15) is 0 Å². The van der Waals surface area contributed by atoms with E-state index in [4.69, 9.17) is 5.73 Å². The summed E-state index contributed by atoms with van der Waals surface area (Å²) < 4.78 is 27.2. The van der Waals surface area contributed by atoms with Crippen molar-refractivity contribution in [3.8, 4) is 0 Å². The molecule has 0 radical (unpaired) electrons. The van der Waals surface area contributed by atoms with Crippen molar-refractivity contribution in [2.45, 2.75) is 51.1 Å². The Labute approximate surface area is 123 Å². The van der Waals surface area contributed by atoms with Crippen LogP contribution in [0.15, 0.2) is 18.2 Å². The van der Waals surface area contributed by atoms with Crippen LogP contribution >= 0.6 is 0 Å². The third kappa shape index (κ3) is 4.24. The maximum absolute atomic E-state index is 13.6. The number of rotatable bonds is 4. The third-order valence-corrected chi connectivity index (χ3v) is 4.10. The van der Waals surface area contributed by atoms with Crippen LogP contribution in [0.2, 0.25) is 0 Å². The normalized spacial score (nSPS) is 23.6. The van der Waals surface area contributed by atoms with Gasteiger partial charge in [-0.05, 0) is 51.2 Å². The Morgan fingerprint density at radius 1 is 1.29 bits per heavy atom. The first-order valence-electron chi connectivity index (χ1n) is 7.46. The zero-order valence-electron chi connectivity index (χ0n) is 12.2. The minimum atomic E-state index is -0.570. The molecule has 3 N–H and O–H groups in total. The average Bonchev–Trinajstić information content (AvgIpc) is 2.43. The zero-order chi connectivity index (χ0) is 15.4. The van der Waals surface area contributed by atoms with E-state index in [0.29, 0.717) is 0 Å². The summed E-state index contributed by atoms with van der Waals surface area (Å²) in [5.41, 5.74) is 5.84. The van der Waals surface area contributed by atoms with Crippen molar-refractivity contribution in [3.05, 3.63) is 35.4 Å². The summed E-state index contributed by atoms with van der Waals surface area (Å²) >= 11 is 0. The van der Waals surface area contributed by atoms with Gasteiger partial charge in [-0.1, -0.05) is 6.07 Å². The number of amides is 1. The summed E-state index contributed by atoms with van der Waals surface area (Å²) in [5.74, 6) is -1.21. The number of carbonyl (C=O) groups excluding carboxylic acids is 1. The van der Waals surface area contributed by atoms with Crippen molar-refractivity contribution in [2.75, 3.05) is 0 Å². The van der Waals surface area contributed by atoms with Gasteiger partial charge in [-0.3, -0.25) is 4.79 Å². The van der Waals surface area contributed by atoms with Crippen molar-refractivity contribution in [2.24, 2.45) is 11.7 Å². The number of hydrogen-bond donors (Lipinski definition) is 2. The summed E-state index contributed by atoms with van der Waals surface area (Å²) in [5, 5.41) is 2.85. The molecule has 5 heteroatoms. The highest BCUT2D eigenvalue weighted by Crippen LogP contribution is 2.23. The monoisotopic (exact) mass is 296 g/mol. The Kier molecular flexibility index (Phi) is 5.28. The second-order valence-corrected chi connectivity index (χ2v) is 5.93. The van der Waals surface area contributed by atoms with E-state index in [-0.39, 0.29) is 35.9 Å². The van der Waals surface area contributed by atoms with Crippen LogP contribution in [0.1, 0.15) is 38.2 Å². The highest BCUT2D eigenvalue weighted by atomic mass is 19.1. The van der Waals surface area contributed by atoms with E-state index >= 15 is 0 Å². The van der Waals surface area contributed by atoms with E-state index in [1.807, 2.05) is 0 Å². The third-order valence-electron chi connectivity index (χ3n) is 4.10. The molecule has 0 saturated heterocycles. The van der Waals surface area contributed by atoms with Gasteiger partial charge in [0.2, 0.25) is 5.91 Å². The van der Waals surface area contributed by atoms with Gasteiger partial charge >= 0.3 is 0 Å². The number of carbonyl (C=O) groups is 1. The van der Waals surface area contributed by atoms with Crippen molar-refractivity contribution in [3.63, 3.8) is 0 Å². The molecule has 1 aliphatic rings. The predicted molar refractivity (Wildman–Crippen MR) is 77.6 cm³/mol. The molecule has 1 fully saturated rings. The fourth-order valence-electron chi connectivity index (χ4n) is 2.83. The molecule has 1 atom stereocenters. The molecule has 116 valence electrons. The molecular weight excluding hydrogens is 274 g/mol. The van der Waals surface area contributed by atoms with Crippen LogP contribution in [0, 0.1) is 17.6 Å². The molecule has 1 aromatic carbocycles. The molecule has 1 unspecified atom stereocenters. The smallest absolute Gasteiger partial charge is 0.223 e. The Morgan fingerprint density at radius 2 is 1.86 bits per heavy atom. The van der Waals surface area contributed by atoms with Gasteiger partial charge in [0.1, 0.15) is 11.6 Å². The van der Waals surface area contributed by atoms with Gasteiger partial charge in [0.25, 0.3) is 0 Å². The summed E-state index contributed by atoms with van der Waals surface area (Å²) in [6.45, 7) is 1.76. The van der Waals surface area contributed by atoms with Crippen molar-refractivity contribution >= 4 is 5.91 Å². The number of benzene rings is 1. The topological polar surface area (TPSA) is 55.1 Å². The van der Waals surface area contributed by atoms with E-state index in [1.54, 1.807) is 6.92 Å². The molecule has 1 aromatic rings. The van der Waals surface area contributed by atoms with Gasteiger partial charge < -0.3 is 11.1 Å². The highest BCUT2D eigenvalue weighted by Gasteiger charge is 2.25. The van der Waals surface area contributed by atoms with Crippen molar-refractivity contribution in [1.82, 2.24) is 5.32 Å². The van der Waals surface area contributed by atoms with Crippen LogP contribution in [0.4, 0.5) is 8.78 Å². The standard InChI is InChI=1S/C16H22F2N2O/c1-10(9-13-14(17)3-2-4-15(13)18)20-16(21)11-5-7-12(19)8-6-11/h2-4,10-12H,5-9,19H2,1H3,(H,20,21). The summed E-state index contributed by atoms with van der Waals surface area (Å²) in [6.07, 6.45) is 3.43. The molecule has 0 heterocycles. The van der Waals surface area contributed by atoms with E-state index in [2.05, 4.69) is 5.32 Å². The predicted octanol–water partition coefficient (Wildman–Crippen LogP) is 2.53. The molecule has 1 aliphatic carbocycles. The SMILES string of the molecule is CC(Cc1c(F)cccc1F)NC(=O)C1CCC(N)CC1. The molecule has 1 amide bonds. The summed E-state index contributed by atoms with van der Waals surface area (Å²) in [6, 6.07) is 3.69. The molecule has 0 spiro atoms. The van der Waals surface area contributed by atoms with Crippen LogP contribution in [0.5, 0.6) is 0 Å². The van der Waals surface area contributed by atoms with E-state index in [9.17, 15) is 13.6 Å². The zero-order valence-corrected chi connectivity index (χ0v) is 12.2. The van der Waals surface area contributed by atoms with Crippen LogP contribution < -0.4 is 11.1 Å². The van der Waals surface area contributed by atoms with Crippen LogP contribution in [0.25, 0.3) is 0 Å². The van der Waals surface area contributed by atoms with Crippen LogP contribution in [0.3, 0.4) is 0 Å². The summed E-state index contributed by atoms with van der Waals surface area (Å²) in [7, 11) is 0. The van der Waals surface area contributed by atoms with Gasteiger partial charge in [0, 0.05) is 23.6 Å². The van der Waals surface area contributed by atoms with Crippen molar-refractivity contribution < 1.29 is 13.6 Å². The molecule has 0 aromatic heterocycles. The number of nitrogens with two attached hydrogens (primary N) is 1. The van der Waals surface area contributed by atoms with Gasteiger partial charge in [0.15, 0.2) is 0 Å². The number of halogens is 2. The summed E-state index contributed by atoms with van der Waals surface area (Å²) in [4.78, 5) is 12.1. The lowest BCUT2D eigenvalue weighted by Crippen LogP contribution is -2.41. The second-order valence-electron chi connectivity index (χ2n) is 5.93. The molecule has 0 aliphatic heterocycles. The Morgan fingerprint density at radius 3 is 2.43 bits per heavy atom. The molecule has 1 saturated carbocycles. The lowest BCUT2D eigenvalue weighted by molar-refractivity contribution is -0.126. The van der Waals surface area contributed by atoms with Gasteiger partial charge in [-0.15, -0.1) is 0 Å². The molecule has 2 rings (SSSR count). The molecular formula is C16H22F2N2O. The van der Waals surface area contributed by atoms with E-state index < -0.39 is 11.6 Å². The number of hydrogen-bond acceptors (Lipinski definition) is 2. The first-order chi connectivity index (χ1) is 9.97. The maximum Gasteiger partial charge on any atom is 0.223 e. The van der Waals surface area contributed by atoms with Gasteiger partial charge in [0.05, 0.1) is 0 Å². The van der Waals surface area contributed by atoms with Crippen LogP contribution in [-0.4, -0.2) is 18.0 Å². The first-order valence-corrected chi connectivity index (χ1v) is 7.46. The Bertz CT molecular complexity index is 479. The minimum absolute atomic E-state index is 0.0240. The quantitative estimate of drug-likeness (QED) is 0.897. The fraction of sp³-hybridized carbons (Fsp3) is 0.562.